The van der Waals surface area contributed by atoms with Crippen LogP contribution in [-0.2, 0) is 0 Å². The second-order valence-electron chi connectivity index (χ2n) is 7.42. The summed E-state index contributed by atoms with van der Waals surface area (Å²) < 4.78 is 0. The number of aromatic amines is 2. The van der Waals surface area contributed by atoms with Gasteiger partial charge in [0.1, 0.15) is 5.82 Å². The van der Waals surface area contributed by atoms with Crippen molar-refractivity contribution in [3.63, 3.8) is 0 Å². The fourth-order valence-corrected chi connectivity index (χ4v) is 4.30. The molecule has 9 heteroatoms. The first kappa shape index (κ1) is 20.5. The maximum Gasteiger partial charge on any atom is 0.256 e. The molecule has 32 heavy (non-hydrogen) atoms. The van der Waals surface area contributed by atoms with E-state index in [4.69, 9.17) is 28.2 Å². The van der Waals surface area contributed by atoms with E-state index in [9.17, 15) is 9.90 Å². The fraction of sp³-hybridized carbons (Fsp3) is 0.0870. The molecule has 0 radical (unpaired) electrons. The lowest BCUT2D eigenvalue weighted by atomic mass is 10.0. The van der Waals surface area contributed by atoms with E-state index in [2.05, 4.69) is 20.5 Å². The van der Waals surface area contributed by atoms with E-state index in [1.165, 1.54) is 0 Å². The number of hydrogen-bond acceptors (Lipinski definition) is 5. The van der Waals surface area contributed by atoms with Gasteiger partial charge in [0.05, 0.1) is 38.4 Å². The van der Waals surface area contributed by atoms with Crippen molar-refractivity contribution in [3.8, 4) is 11.3 Å². The Hall–Kier alpha value is -3.39. The van der Waals surface area contributed by atoms with Crippen molar-refractivity contribution in [1.29, 1.82) is 0 Å². The third-order valence-corrected chi connectivity index (χ3v) is 5.91. The smallest absolute Gasteiger partial charge is 0.256 e. The lowest BCUT2D eigenvalue weighted by Gasteiger charge is -2.15. The van der Waals surface area contributed by atoms with Gasteiger partial charge in [0, 0.05) is 28.7 Å². The number of nitrogens with one attached hydrogen (secondary N) is 3. The SMILES string of the molecule is C[C@@H](O)c1ccc2nc(Nc3c(Cl)cc(-c4ccn[nH]4)cc3Cl)c3cc[nH]c(=O)c3c2c1. The van der Waals surface area contributed by atoms with Gasteiger partial charge in [-0.1, -0.05) is 29.3 Å². The highest BCUT2D eigenvalue weighted by molar-refractivity contribution is 6.39. The molecule has 0 fully saturated rings. The van der Waals surface area contributed by atoms with Crippen molar-refractivity contribution in [2.75, 3.05) is 5.32 Å². The molecule has 0 bridgehead atoms. The molecule has 5 rings (SSSR count). The molecule has 4 N–H and O–H groups in total. The van der Waals surface area contributed by atoms with Gasteiger partial charge in [0.25, 0.3) is 5.56 Å². The molecule has 3 heterocycles. The van der Waals surface area contributed by atoms with Gasteiger partial charge in [-0.2, -0.15) is 5.10 Å². The van der Waals surface area contributed by atoms with Gasteiger partial charge >= 0.3 is 0 Å². The predicted octanol–water partition coefficient (Wildman–Crippen LogP) is 5.57. The number of hydrogen-bond donors (Lipinski definition) is 4. The standard InChI is InChI=1S/C23H17Cl2N5O2/c1-11(31)12-2-3-19-15(8-12)20-14(4-6-26-23(20)32)22(28-19)29-21-16(24)9-13(10-17(21)25)18-5-7-27-30-18/h2-11,31H,1H3,(H,26,32)(H,27,30)(H,28,29)/t11-/m1/s1. The van der Waals surface area contributed by atoms with Crippen LogP contribution in [0.1, 0.15) is 18.6 Å². The molecular weight excluding hydrogens is 449 g/mol. The van der Waals surface area contributed by atoms with Crippen LogP contribution in [0.2, 0.25) is 10.0 Å². The topological polar surface area (TPSA) is 107 Å². The summed E-state index contributed by atoms with van der Waals surface area (Å²) in [7, 11) is 0. The molecule has 0 aliphatic rings. The Balaban J connectivity index is 1.69. The van der Waals surface area contributed by atoms with Crippen molar-refractivity contribution in [2.24, 2.45) is 0 Å². The van der Waals surface area contributed by atoms with Crippen molar-refractivity contribution in [3.05, 3.63) is 80.8 Å². The van der Waals surface area contributed by atoms with Crippen LogP contribution in [0, 0.1) is 0 Å². The largest absolute Gasteiger partial charge is 0.389 e. The Bertz CT molecular complexity index is 1500. The molecule has 0 aliphatic heterocycles. The van der Waals surface area contributed by atoms with Gasteiger partial charge < -0.3 is 15.4 Å². The van der Waals surface area contributed by atoms with Crippen LogP contribution < -0.4 is 10.9 Å². The quantitative estimate of drug-likeness (QED) is 0.259. The Morgan fingerprint density at radius 1 is 1.06 bits per heavy atom. The van der Waals surface area contributed by atoms with Gasteiger partial charge in [-0.25, -0.2) is 4.98 Å². The summed E-state index contributed by atoms with van der Waals surface area (Å²) in [6.07, 6.45) is 2.54. The Morgan fingerprint density at radius 3 is 2.53 bits per heavy atom. The van der Waals surface area contributed by atoms with Crippen LogP contribution in [0.15, 0.2) is 59.7 Å². The van der Waals surface area contributed by atoms with E-state index >= 15 is 0 Å². The Morgan fingerprint density at radius 2 is 1.84 bits per heavy atom. The van der Waals surface area contributed by atoms with Gasteiger partial charge in [-0.15, -0.1) is 0 Å². The molecule has 160 valence electrons. The number of aliphatic hydroxyl groups is 1. The number of anilines is 2. The van der Waals surface area contributed by atoms with E-state index in [0.717, 1.165) is 11.3 Å². The lowest BCUT2D eigenvalue weighted by molar-refractivity contribution is 0.199. The minimum Gasteiger partial charge on any atom is -0.389 e. The van der Waals surface area contributed by atoms with Crippen LogP contribution in [-0.4, -0.2) is 25.3 Å². The van der Waals surface area contributed by atoms with Crippen LogP contribution in [0.5, 0.6) is 0 Å². The normalized spacial score (nSPS) is 12.4. The molecule has 0 unspecified atom stereocenters. The molecular formula is C23H17Cl2N5O2. The van der Waals surface area contributed by atoms with Crippen molar-refractivity contribution in [2.45, 2.75) is 13.0 Å². The second kappa shape index (κ2) is 7.94. The molecule has 1 atom stereocenters. The van der Waals surface area contributed by atoms with E-state index in [1.807, 2.05) is 6.07 Å². The Kier molecular flexibility index (Phi) is 5.09. The van der Waals surface area contributed by atoms with Gasteiger partial charge in [0.15, 0.2) is 0 Å². The van der Waals surface area contributed by atoms with E-state index in [-0.39, 0.29) is 5.56 Å². The summed E-state index contributed by atoms with van der Waals surface area (Å²) >= 11 is 13.1. The first-order valence-corrected chi connectivity index (χ1v) is 10.6. The monoisotopic (exact) mass is 465 g/mol. The number of benzene rings is 2. The van der Waals surface area contributed by atoms with Crippen molar-refractivity contribution in [1.82, 2.24) is 20.2 Å². The zero-order valence-corrected chi connectivity index (χ0v) is 18.3. The summed E-state index contributed by atoms with van der Waals surface area (Å²) in [5.74, 6) is 0.446. The molecule has 0 spiro atoms. The third kappa shape index (κ3) is 3.50. The maximum atomic E-state index is 12.8. The highest BCUT2D eigenvalue weighted by Gasteiger charge is 2.16. The van der Waals surface area contributed by atoms with E-state index in [1.54, 1.807) is 55.7 Å². The van der Waals surface area contributed by atoms with Gasteiger partial charge in [-0.3, -0.25) is 9.89 Å². The van der Waals surface area contributed by atoms with Gasteiger partial charge in [0.2, 0.25) is 0 Å². The maximum absolute atomic E-state index is 12.8. The zero-order chi connectivity index (χ0) is 22.4. The molecule has 2 aromatic carbocycles. The summed E-state index contributed by atoms with van der Waals surface area (Å²) in [5, 5.41) is 22.5. The lowest BCUT2D eigenvalue weighted by Crippen LogP contribution is -2.08. The summed E-state index contributed by atoms with van der Waals surface area (Å²) in [4.78, 5) is 20.2. The first-order valence-electron chi connectivity index (χ1n) is 9.81. The van der Waals surface area contributed by atoms with E-state index in [0.29, 0.717) is 48.8 Å². The average molecular weight is 466 g/mol. The number of nitrogens with zero attached hydrogens (tertiary/aromatic N) is 2. The highest BCUT2D eigenvalue weighted by atomic mass is 35.5. The molecule has 0 amide bonds. The van der Waals surface area contributed by atoms with Crippen LogP contribution >= 0.6 is 23.2 Å². The summed E-state index contributed by atoms with van der Waals surface area (Å²) in [6, 6.07) is 12.5. The molecule has 3 aromatic heterocycles. The average Bonchev–Trinajstić information content (AvgIpc) is 3.30. The van der Waals surface area contributed by atoms with E-state index < -0.39 is 6.10 Å². The van der Waals surface area contributed by atoms with Crippen molar-refractivity contribution >= 4 is 56.4 Å². The fourth-order valence-electron chi connectivity index (χ4n) is 3.71. The number of aromatic nitrogens is 4. The van der Waals surface area contributed by atoms with Crippen LogP contribution in [0.25, 0.3) is 32.9 Å². The van der Waals surface area contributed by atoms with Crippen LogP contribution in [0.4, 0.5) is 11.5 Å². The predicted molar refractivity (Wildman–Crippen MR) is 128 cm³/mol. The number of rotatable bonds is 4. The third-order valence-electron chi connectivity index (χ3n) is 5.32. The molecule has 0 aliphatic carbocycles. The number of fused-ring (bicyclic) bond motifs is 3. The Labute approximate surface area is 192 Å². The molecule has 5 aromatic rings. The zero-order valence-electron chi connectivity index (χ0n) is 16.8. The number of halogens is 2. The summed E-state index contributed by atoms with van der Waals surface area (Å²) in [6.45, 7) is 1.67. The van der Waals surface area contributed by atoms with Crippen molar-refractivity contribution < 1.29 is 5.11 Å². The summed E-state index contributed by atoms with van der Waals surface area (Å²) in [5.41, 5.74) is 3.10. The van der Waals surface area contributed by atoms with Gasteiger partial charge in [-0.05, 0) is 48.9 Å². The number of pyridine rings is 2. The molecule has 0 saturated carbocycles. The number of aliphatic hydroxyl groups excluding tert-OH is 1. The second-order valence-corrected chi connectivity index (χ2v) is 8.23. The first-order chi connectivity index (χ1) is 15.4. The minimum atomic E-state index is -0.666. The minimum absolute atomic E-state index is 0.257. The number of H-pyrrole nitrogens is 2. The molecule has 7 nitrogen and oxygen atoms in total. The van der Waals surface area contributed by atoms with Crippen LogP contribution in [0.3, 0.4) is 0 Å². The molecule has 0 saturated heterocycles. The highest BCUT2D eigenvalue weighted by Crippen LogP contribution is 2.38.